The van der Waals surface area contributed by atoms with Gasteiger partial charge in [0.1, 0.15) is 0 Å². The summed E-state index contributed by atoms with van der Waals surface area (Å²) in [7, 11) is 0. The van der Waals surface area contributed by atoms with Crippen LogP contribution in [0.2, 0.25) is 0 Å². The molecule has 3 rings (SSSR count). The SMILES string of the molecule is O=C1C=c2cc(Sc3cc[nH]c(=O)c3)ccc2=N1. The number of hydrogen-bond acceptors (Lipinski definition) is 3. The van der Waals surface area contributed by atoms with Crippen LogP contribution in [0, 0.1) is 0 Å². The Balaban J connectivity index is 1.99. The number of amides is 1. The highest BCUT2D eigenvalue weighted by molar-refractivity contribution is 7.99. The highest BCUT2D eigenvalue weighted by Crippen LogP contribution is 2.24. The van der Waals surface area contributed by atoms with Gasteiger partial charge >= 0.3 is 0 Å². The number of nitrogens with one attached hydrogen (secondary N) is 1. The number of carbonyl (C=O) groups is 1. The van der Waals surface area contributed by atoms with Crippen LogP contribution in [0.5, 0.6) is 0 Å². The number of nitrogens with zero attached hydrogens (tertiary/aromatic N) is 1. The average Bonchev–Trinajstić information content (AvgIpc) is 2.68. The predicted molar refractivity (Wildman–Crippen MR) is 67.9 cm³/mol. The molecule has 1 aliphatic rings. The van der Waals surface area contributed by atoms with Gasteiger partial charge in [-0.2, -0.15) is 0 Å². The quantitative estimate of drug-likeness (QED) is 0.849. The first-order chi connectivity index (χ1) is 8.70. The molecule has 4 nitrogen and oxygen atoms in total. The van der Waals surface area contributed by atoms with E-state index in [-0.39, 0.29) is 11.5 Å². The Morgan fingerprint density at radius 3 is 2.72 bits per heavy atom. The molecule has 1 amide bonds. The van der Waals surface area contributed by atoms with Gasteiger partial charge in [0.15, 0.2) is 0 Å². The second kappa shape index (κ2) is 4.27. The van der Waals surface area contributed by atoms with Gasteiger partial charge in [-0.15, -0.1) is 0 Å². The molecule has 18 heavy (non-hydrogen) atoms. The van der Waals surface area contributed by atoms with E-state index in [1.54, 1.807) is 6.20 Å². The molecule has 0 spiro atoms. The molecule has 0 fully saturated rings. The molecule has 88 valence electrons. The predicted octanol–water partition coefficient (Wildman–Crippen LogP) is 0.466. The van der Waals surface area contributed by atoms with Crippen molar-refractivity contribution in [2.45, 2.75) is 9.79 Å². The van der Waals surface area contributed by atoms with Crippen LogP contribution in [0.3, 0.4) is 0 Å². The zero-order valence-corrected chi connectivity index (χ0v) is 10.0. The third-order valence-corrected chi connectivity index (χ3v) is 3.47. The van der Waals surface area contributed by atoms with E-state index in [2.05, 4.69) is 9.98 Å². The van der Waals surface area contributed by atoms with Crippen LogP contribution < -0.4 is 16.1 Å². The molecule has 5 heteroatoms. The van der Waals surface area contributed by atoms with Gasteiger partial charge in [-0.1, -0.05) is 11.8 Å². The van der Waals surface area contributed by atoms with Gasteiger partial charge in [0.25, 0.3) is 5.91 Å². The molecule has 2 aromatic rings. The molecule has 0 atom stereocenters. The lowest BCUT2D eigenvalue weighted by Crippen LogP contribution is -2.20. The van der Waals surface area contributed by atoms with E-state index in [9.17, 15) is 9.59 Å². The van der Waals surface area contributed by atoms with Gasteiger partial charge in [-0.3, -0.25) is 9.59 Å². The lowest BCUT2D eigenvalue weighted by Gasteiger charge is -1.99. The Morgan fingerprint density at radius 1 is 1.06 bits per heavy atom. The number of carbonyl (C=O) groups excluding carboxylic acids is 1. The number of pyridine rings is 1. The van der Waals surface area contributed by atoms with Gasteiger partial charge in [0, 0.05) is 33.3 Å². The second-order valence-electron chi connectivity index (χ2n) is 3.81. The maximum atomic E-state index is 11.2. The topological polar surface area (TPSA) is 62.3 Å². The third kappa shape index (κ3) is 2.12. The summed E-state index contributed by atoms with van der Waals surface area (Å²) in [6, 6.07) is 8.97. The maximum Gasteiger partial charge on any atom is 0.270 e. The fourth-order valence-corrected chi connectivity index (χ4v) is 2.62. The number of aromatic nitrogens is 1. The van der Waals surface area contributed by atoms with Crippen molar-refractivity contribution < 1.29 is 4.79 Å². The summed E-state index contributed by atoms with van der Waals surface area (Å²) >= 11 is 1.48. The summed E-state index contributed by atoms with van der Waals surface area (Å²) in [5.74, 6) is -0.219. The van der Waals surface area contributed by atoms with Gasteiger partial charge in [0.05, 0.1) is 5.36 Å². The van der Waals surface area contributed by atoms with Crippen molar-refractivity contribution in [2.75, 3.05) is 0 Å². The lowest BCUT2D eigenvalue weighted by atomic mass is 10.3. The van der Waals surface area contributed by atoms with Crippen molar-refractivity contribution in [1.29, 1.82) is 0 Å². The average molecular weight is 256 g/mol. The summed E-state index contributed by atoms with van der Waals surface area (Å²) in [6.07, 6.45) is 3.13. The van der Waals surface area contributed by atoms with Crippen LogP contribution in [-0.4, -0.2) is 10.9 Å². The van der Waals surface area contributed by atoms with E-state index in [0.717, 1.165) is 15.0 Å². The lowest BCUT2D eigenvalue weighted by molar-refractivity contribution is -0.112. The second-order valence-corrected chi connectivity index (χ2v) is 4.95. The van der Waals surface area contributed by atoms with Crippen molar-refractivity contribution in [3.63, 3.8) is 0 Å². The molecule has 0 radical (unpaired) electrons. The van der Waals surface area contributed by atoms with Gasteiger partial charge < -0.3 is 4.98 Å². The molecule has 1 aliphatic heterocycles. The Labute approximate surface area is 106 Å². The van der Waals surface area contributed by atoms with E-state index in [1.807, 2.05) is 24.3 Å². The Kier molecular flexibility index (Phi) is 2.60. The maximum absolute atomic E-state index is 11.2. The number of H-pyrrole nitrogens is 1. The van der Waals surface area contributed by atoms with Gasteiger partial charge in [-0.25, -0.2) is 4.99 Å². The van der Waals surface area contributed by atoms with E-state index < -0.39 is 0 Å². The van der Waals surface area contributed by atoms with E-state index >= 15 is 0 Å². The molecule has 0 unspecified atom stereocenters. The van der Waals surface area contributed by atoms with Crippen LogP contribution in [-0.2, 0) is 4.79 Å². The molecule has 0 saturated carbocycles. The number of aromatic amines is 1. The minimum absolute atomic E-state index is 0.127. The van der Waals surface area contributed by atoms with Crippen LogP contribution >= 0.6 is 11.8 Å². The van der Waals surface area contributed by atoms with Gasteiger partial charge in [-0.05, 0) is 24.3 Å². The number of hydrogen-bond donors (Lipinski definition) is 1. The van der Waals surface area contributed by atoms with E-state index in [0.29, 0.717) is 5.36 Å². The number of rotatable bonds is 2. The first-order valence-corrected chi connectivity index (χ1v) is 6.13. The van der Waals surface area contributed by atoms with E-state index in [1.165, 1.54) is 23.9 Å². The van der Waals surface area contributed by atoms with Crippen molar-refractivity contribution >= 4 is 23.7 Å². The zero-order valence-electron chi connectivity index (χ0n) is 9.21. The standard InChI is InChI=1S/C13H8N2O2S/c16-12-7-10(3-4-14-12)18-9-1-2-11-8(5-9)6-13(17)15-11/h1-7H,(H,14,16). The van der Waals surface area contributed by atoms with E-state index in [4.69, 9.17) is 0 Å². The van der Waals surface area contributed by atoms with Crippen LogP contribution in [0.1, 0.15) is 0 Å². The van der Waals surface area contributed by atoms with Crippen LogP contribution in [0.25, 0.3) is 6.08 Å². The van der Waals surface area contributed by atoms with Crippen LogP contribution in [0.4, 0.5) is 0 Å². The van der Waals surface area contributed by atoms with Gasteiger partial charge in [0.2, 0.25) is 5.56 Å². The monoisotopic (exact) mass is 256 g/mol. The Bertz CT molecular complexity index is 808. The number of benzene rings is 1. The minimum atomic E-state index is -0.219. The smallest absolute Gasteiger partial charge is 0.270 e. The molecular formula is C13H8N2O2S. The minimum Gasteiger partial charge on any atom is -0.329 e. The molecule has 2 heterocycles. The molecule has 0 saturated heterocycles. The summed E-state index contributed by atoms with van der Waals surface area (Å²) in [6.45, 7) is 0. The molecule has 0 bridgehead atoms. The summed E-state index contributed by atoms with van der Waals surface area (Å²) < 4.78 is 0. The molecule has 0 aliphatic carbocycles. The Hall–Kier alpha value is -2.14. The molecular weight excluding hydrogens is 248 g/mol. The van der Waals surface area contributed by atoms with Crippen LogP contribution in [0.15, 0.2) is 56.1 Å². The fraction of sp³-hybridized carbons (Fsp3) is 0. The van der Waals surface area contributed by atoms with Crippen molar-refractivity contribution in [1.82, 2.24) is 4.98 Å². The molecule has 1 N–H and O–H groups in total. The normalized spacial score (nSPS) is 12.8. The highest BCUT2D eigenvalue weighted by atomic mass is 32.2. The summed E-state index contributed by atoms with van der Waals surface area (Å²) in [5.41, 5.74) is -0.127. The highest BCUT2D eigenvalue weighted by Gasteiger charge is 2.04. The summed E-state index contributed by atoms with van der Waals surface area (Å²) in [5, 5.41) is 1.53. The third-order valence-electron chi connectivity index (χ3n) is 2.49. The largest absolute Gasteiger partial charge is 0.329 e. The summed E-state index contributed by atoms with van der Waals surface area (Å²) in [4.78, 5) is 30.6. The molecule has 1 aromatic carbocycles. The fourth-order valence-electron chi connectivity index (χ4n) is 1.72. The first-order valence-electron chi connectivity index (χ1n) is 5.32. The zero-order chi connectivity index (χ0) is 12.5. The number of fused-ring (bicyclic) bond motifs is 1. The van der Waals surface area contributed by atoms with Crippen molar-refractivity contribution in [2.24, 2.45) is 4.99 Å². The molecule has 1 aromatic heterocycles. The van der Waals surface area contributed by atoms with Crippen molar-refractivity contribution in [3.05, 3.63) is 57.5 Å². The van der Waals surface area contributed by atoms with Crippen molar-refractivity contribution in [3.8, 4) is 0 Å². The Morgan fingerprint density at radius 2 is 1.89 bits per heavy atom. The first kappa shape index (κ1) is 11.0.